The van der Waals surface area contributed by atoms with Crippen LogP contribution in [0.4, 0.5) is 19.1 Å². The monoisotopic (exact) mass is 345 g/mol. The van der Waals surface area contributed by atoms with Crippen LogP contribution in [0.5, 0.6) is 5.75 Å². The molecule has 0 bridgehead atoms. The van der Waals surface area contributed by atoms with Crippen LogP contribution in [-0.2, 0) is 12.6 Å². The highest BCUT2D eigenvalue weighted by molar-refractivity contribution is 6.31. The largest absolute Gasteiger partial charge is 0.504 e. The third kappa shape index (κ3) is 3.27. The lowest BCUT2D eigenvalue weighted by atomic mass is 10.0. The minimum absolute atomic E-state index is 0.0501. The Morgan fingerprint density at radius 3 is 2.57 bits per heavy atom. The van der Waals surface area contributed by atoms with Crippen LogP contribution in [0.3, 0.4) is 0 Å². The molecule has 0 atom stereocenters. The van der Waals surface area contributed by atoms with Crippen molar-refractivity contribution in [3.63, 3.8) is 0 Å². The highest BCUT2D eigenvalue weighted by Crippen LogP contribution is 2.45. The zero-order chi connectivity index (χ0) is 16.8. The van der Waals surface area contributed by atoms with E-state index >= 15 is 0 Å². The van der Waals surface area contributed by atoms with Crippen molar-refractivity contribution in [3.8, 4) is 16.9 Å². The average Bonchev–Trinajstić information content (AvgIpc) is 3.21. The summed E-state index contributed by atoms with van der Waals surface area (Å²) in [5, 5.41) is 13.4. The zero-order valence-corrected chi connectivity index (χ0v) is 13.1. The fourth-order valence-corrected chi connectivity index (χ4v) is 2.62. The maximum Gasteiger partial charge on any atom is 0.416 e. The van der Waals surface area contributed by atoms with Gasteiger partial charge in [0.2, 0.25) is 5.88 Å². The summed E-state index contributed by atoms with van der Waals surface area (Å²) in [6.07, 6.45) is -2.16. The summed E-state index contributed by atoms with van der Waals surface area (Å²) in [5.41, 5.74) is -0.466. The topological polar surface area (TPSA) is 45.4 Å². The molecule has 0 amide bonds. The van der Waals surface area contributed by atoms with Crippen LogP contribution in [0.1, 0.15) is 31.1 Å². The lowest BCUT2D eigenvalue weighted by molar-refractivity contribution is -0.137. The fourth-order valence-electron chi connectivity index (χ4n) is 2.39. The number of hydrogen-bond acceptors (Lipinski definition) is 3. The second kappa shape index (κ2) is 5.67. The predicted octanol–water partition coefficient (Wildman–Crippen LogP) is 5.46. The molecule has 1 aromatic heterocycles. The Morgan fingerprint density at radius 2 is 2.00 bits per heavy atom. The number of anilines is 1. The van der Waals surface area contributed by atoms with Gasteiger partial charge in [-0.2, -0.15) is 13.2 Å². The second-order valence-electron chi connectivity index (χ2n) is 5.58. The van der Waals surface area contributed by atoms with Gasteiger partial charge in [0.25, 0.3) is 0 Å². The van der Waals surface area contributed by atoms with Crippen LogP contribution in [0.15, 0.2) is 22.6 Å². The van der Waals surface area contributed by atoms with Crippen LogP contribution in [-0.4, -0.2) is 11.1 Å². The van der Waals surface area contributed by atoms with Gasteiger partial charge in [-0.05, 0) is 36.6 Å². The molecule has 1 aliphatic rings. The molecule has 0 saturated heterocycles. The molecular formula is C16H15ClF3NO2. The molecule has 0 spiro atoms. The van der Waals surface area contributed by atoms with Crippen molar-refractivity contribution in [2.24, 2.45) is 0 Å². The van der Waals surface area contributed by atoms with Crippen LogP contribution in [0, 0.1) is 0 Å². The number of rotatable bonds is 4. The van der Waals surface area contributed by atoms with Gasteiger partial charge in [0.15, 0.2) is 5.75 Å². The highest BCUT2D eigenvalue weighted by atomic mass is 35.5. The van der Waals surface area contributed by atoms with Gasteiger partial charge in [0, 0.05) is 17.5 Å². The van der Waals surface area contributed by atoms with Gasteiger partial charge in [-0.15, -0.1) is 0 Å². The molecule has 2 aromatic rings. The van der Waals surface area contributed by atoms with Crippen LogP contribution in [0.2, 0.25) is 5.02 Å². The van der Waals surface area contributed by atoms with E-state index in [1.54, 1.807) is 6.92 Å². The van der Waals surface area contributed by atoms with Crippen LogP contribution >= 0.6 is 11.6 Å². The predicted molar refractivity (Wildman–Crippen MR) is 81.8 cm³/mol. The zero-order valence-electron chi connectivity index (χ0n) is 12.3. The summed E-state index contributed by atoms with van der Waals surface area (Å²) in [5.74, 6) is 0.472. The maximum absolute atomic E-state index is 13.0. The standard InChI is InChI=1S/C16H15ClF3NO2/c1-2-12-14(22)13(15(23-12)21-11-3-4-11)8-5-9(16(18,19)20)7-10(17)6-8/h5-7,11,21-22H,2-4H2,1H3. The van der Waals surface area contributed by atoms with Crippen molar-refractivity contribution in [1.82, 2.24) is 0 Å². The molecule has 1 heterocycles. The quantitative estimate of drug-likeness (QED) is 0.773. The van der Waals surface area contributed by atoms with E-state index in [4.69, 9.17) is 16.0 Å². The summed E-state index contributed by atoms with van der Waals surface area (Å²) >= 11 is 5.84. The van der Waals surface area contributed by atoms with E-state index in [2.05, 4.69) is 5.32 Å². The van der Waals surface area contributed by atoms with E-state index in [0.717, 1.165) is 25.0 Å². The fraction of sp³-hybridized carbons (Fsp3) is 0.375. The Labute approximate surface area is 136 Å². The number of nitrogens with one attached hydrogen (secondary N) is 1. The highest BCUT2D eigenvalue weighted by Gasteiger charge is 2.33. The first-order valence-electron chi connectivity index (χ1n) is 7.29. The van der Waals surface area contributed by atoms with E-state index in [0.29, 0.717) is 12.2 Å². The molecule has 0 unspecified atom stereocenters. The molecule has 1 saturated carbocycles. The molecule has 124 valence electrons. The van der Waals surface area contributed by atoms with Gasteiger partial charge in [-0.1, -0.05) is 18.5 Å². The van der Waals surface area contributed by atoms with Crippen molar-refractivity contribution in [1.29, 1.82) is 0 Å². The van der Waals surface area contributed by atoms with Gasteiger partial charge in [0.1, 0.15) is 5.76 Å². The van der Waals surface area contributed by atoms with Crippen molar-refractivity contribution in [3.05, 3.63) is 34.5 Å². The maximum atomic E-state index is 13.0. The number of hydrogen-bond donors (Lipinski definition) is 2. The number of furan rings is 1. The first kappa shape index (κ1) is 16.1. The molecular weight excluding hydrogens is 331 g/mol. The molecule has 1 aromatic carbocycles. The summed E-state index contributed by atoms with van der Waals surface area (Å²) in [4.78, 5) is 0. The van der Waals surface area contributed by atoms with Gasteiger partial charge in [-0.3, -0.25) is 0 Å². The van der Waals surface area contributed by atoms with E-state index in [9.17, 15) is 18.3 Å². The average molecular weight is 346 g/mol. The minimum Gasteiger partial charge on any atom is -0.504 e. The van der Waals surface area contributed by atoms with E-state index < -0.39 is 11.7 Å². The molecule has 7 heteroatoms. The minimum atomic E-state index is -4.52. The van der Waals surface area contributed by atoms with E-state index in [1.807, 2.05) is 0 Å². The third-order valence-corrected chi connectivity index (χ3v) is 3.92. The lowest BCUT2D eigenvalue weighted by Gasteiger charge is -2.11. The first-order valence-corrected chi connectivity index (χ1v) is 7.66. The third-order valence-electron chi connectivity index (χ3n) is 3.70. The molecule has 3 nitrogen and oxygen atoms in total. The van der Waals surface area contributed by atoms with Gasteiger partial charge >= 0.3 is 6.18 Å². The summed E-state index contributed by atoms with van der Waals surface area (Å²) in [6, 6.07) is 3.44. The van der Waals surface area contributed by atoms with Crippen LogP contribution in [0.25, 0.3) is 11.1 Å². The summed E-state index contributed by atoms with van der Waals surface area (Å²) < 4.78 is 44.6. The molecule has 2 N–H and O–H groups in total. The number of halogens is 4. The first-order chi connectivity index (χ1) is 10.8. The van der Waals surface area contributed by atoms with Crippen molar-refractivity contribution in [2.45, 2.75) is 38.4 Å². The normalized spacial score (nSPS) is 15.0. The Bertz CT molecular complexity index is 736. The van der Waals surface area contributed by atoms with E-state index in [1.165, 1.54) is 6.07 Å². The lowest BCUT2D eigenvalue weighted by Crippen LogP contribution is -2.05. The SMILES string of the molecule is CCc1oc(NC2CC2)c(-c2cc(Cl)cc(C(F)(F)F)c2)c1O. The van der Waals surface area contributed by atoms with Crippen molar-refractivity contribution >= 4 is 17.5 Å². The number of alkyl halides is 3. The summed E-state index contributed by atoms with van der Waals surface area (Å²) in [6.45, 7) is 1.79. The molecule has 0 aliphatic heterocycles. The van der Waals surface area contributed by atoms with Crippen LogP contribution < -0.4 is 5.32 Å². The Kier molecular flexibility index (Phi) is 3.96. The smallest absolute Gasteiger partial charge is 0.416 e. The van der Waals surface area contributed by atoms with Gasteiger partial charge in [0.05, 0.1) is 11.1 Å². The van der Waals surface area contributed by atoms with Crippen molar-refractivity contribution in [2.75, 3.05) is 5.32 Å². The van der Waals surface area contributed by atoms with Gasteiger partial charge in [-0.25, -0.2) is 0 Å². The number of benzene rings is 1. The molecule has 23 heavy (non-hydrogen) atoms. The second-order valence-corrected chi connectivity index (χ2v) is 6.01. The molecule has 3 rings (SSSR count). The van der Waals surface area contributed by atoms with E-state index in [-0.39, 0.29) is 33.8 Å². The number of aromatic hydroxyl groups is 1. The van der Waals surface area contributed by atoms with Gasteiger partial charge < -0.3 is 14.8 Å². The molecule has 0 radical (unpaired) electrons. The number of aryl methyl sites for hydroxylation is 1. The summed E-state index contributed by atoms with van der Waals surface area (Å²) in [7, 11) is 0. The Balaban J connectivity index is 2.13. The Morgan fingerprint density at radius 1 is 1.30 bits per heavy atom. The Hall–Kier alpha value is -1.82. The van der Waals surface area contributed by atoms with Crippen molar-refractivity contribution < 1.29 is 22.7 Å². The molecule has 1 fully saturated rings. The molecule has 1 aliphatic carbocycles.